The van der Waals surface area contributed by atoms with E-state index >= 15 is 0 Å². The highest BCUT2D eigenvalue weighted by Gasteiger charge is 2.09. The number of fused-ring (bicyclic) bond motifs is 3. The molecule has 2 aromatic carbocycles. The zero-order valence-electron chi connectivity index (χ0n) is 19.5. The van der Waals surface area contributed by atoms with Crippen molar-refractivity contribution in [3.63, 3.8) is 0 Å². The number of aryl methyl sites for hydroxylation is 1. The molecule has 174 valence electrons. The van der Waals surface area contributed by atoms with Gasteiger partial charge >= 0.3 is 0 Å². The Labute approximate surface area is 201 Å². The quantitative estimate of drug-likeness (QED) is 0.273. The van der Waals surface area contributed by atoms with Crippen molar-refractivity contribution in [1.29, 1.82) is 0 Å². The highest BCUT2D eigenvalue weighted by Crippen LogP contribution is 2.29. The van der Waals surface area contributed by atoms with Crippen LogP contribution in [-0.2, 0) is 13.1 Å². The van der Waals surface area contributed by atoms with Gasteiger partial charge in [-0.05, 0) is 76.1 Å². The van der Waals surface area contributed by atoms with Crippen LogP contribution in [0.25, 0.3) is 21.8 Å². The summed E-state index contributed by atoms with van der Waals surface area (Å²) in [6.45, 7) is 13.6. The van der Waals surface area contributed by atoms with Gasteiger partial charge in [0.1, 0.15) is 0 Å². The Balaban J connectivity index is 0.00000240. The molecule has 0 aliphatic rings. The number of nitrogens with one attached hydrogen (secondary N) is 1. The first-order valence-corrected chi connectivity index (χ1v) is 11.7. The van der Waals surface area contributed by atoms with Gasteiger partial charge in [-0.1, -0.05) is 51.0 Å². The fourth-order valence-electron chi connectivity index (χ4n) is 4.31. The van der Waals surface area contributed by atoms with Crippen LogP contribution in [0.15, 0.2) is 42.5 Å². The third-order valence-electron chi connectivity index (χ3n) is 5.97. The van der Waals surface area contributed by atoms with E-state index in [2.05, 4.69) is 78.0 Å². The van der Waals surface area contributed by atoms with Crippen LogP contribution in [0, 0.1) is 0 Å². The van der Waals surface area contributed by atoms with Gasteiger partial charge < -0.3 is 14.8 Å². The molecule has 0 amide bonds. The summed E-state index contributed by atoms with van der Waals surface area (Å²) < 4.78 is 2.42. The third kappa shape index (κ3) is 7.39. The first-order chi connectivity index (χ1) is 14.3. The van der Waals surface area contributed by atoms with Gasteiger partial charge in [0.15, 0.2) is 0 Å². The van der Waals surface area contributed by atoms with Crippen LogP contribution in [0.5, 0.6) is 0 Å². The molecule has 0 aliphatic heterocycles. The summed E-state index contributed by atoms with van der Waals surface area (Å²) in [5.74, 6) is 0. The molecule has 0 bridgehead atoms. The molecule has 3 rings (SSSR count). The first-order valence-electron chi connectivity index (χ1n) is 11.7. The monoisotopic (exact) mass is 465 g/mol. The summed E-state index contributed by atoms with van der Waals surface area (Å²) in [5.41, 5.74) is 4.07. The van der Waals surface area contributed by atoms with Crippen molar-refractivity contribution < 1.29 is 0 Å². The van der Waals surface area contributed by atoms with E-state index in [1.165, 1.54) is 79.1 Å². The summed E-state index contributed by atoms with van der Waals surface area (Å²) in [5, 5.41) is 6.42. The minimum absolute atomic E-state index is 0. The number of halogens is 2. The Morgan fingerprint density at radius 3 is 2.10 bits per heavy atom. The molecule has 3 nitrogen and oxygen atoms in total. The van der Waals surface area contributed by atoms with Crippen molar-refractivity contribution in [2.24, 2.45) is 0 Å². The van der Waals surface area contributed by atoms with Gasteiger partial charge in [-0.15, -0.1) is 24.8 Å². The van der Waals surface area contributed by atoms with Crippen LogP contribution in [0.3, 0.4) is 0 Å². The van der Waals surface area contributed by atoms with Crippen LogP contribution in [0.4, 0.5) is 0 Å². The second kappa shape index (κ2) is 14.7. The smallest absolute Gasteiger partial charge is 0.0491 e. The maximum absolute atomic E-state index is 3.67. The fraction of sp³-hybridized carbons (Fsp3) is 0.538. The zero-order valence-corrected chi connectivity index (χ0v) is 21.2. The van der Waals surface area contributed by atoms with Gasteiger partial charge in [0, 0.05) is 34.9 Å². The Kier molecular flexibility index (Phi) is 13.2. The van der Waals surface area contributed by atoms with Crippen molar-refractivity contribution in [3.8, 4) is 0 Å². The van der Waals surface area contributed by atoms with Gasteiger partial charge in [0.25, 0.3) is 0 Å². The number of benzene rings is 2. The minimum atomic E-state index is 0. The summed E-state index contributed by atoms with van der Waals surface area (Å²) in [4.78, 5) is 2.65. The second-order valence-electron chi connectivity index (χ2n) is 8.19. The lowest BCUT2D eigenvalue weighted by molar-refractivity contribution is 0.261. The maximum atomic E-state index is 3.67. The van der Waals surface area contributed by atoms with E-state index in [1.54, 1.807) is 0 Å². The third-order valence-corrected chi connectivity index (χ3v) is 5.97. The van der Waals surface area contributed by atoms with Gasteiger partial charge in [-0.2, -0.15) is 0 Å². The topological polar surface area (TPSA) is 20.2 Å². The zero-order chi connectivity index (χ0) is 20.5. The summed E-state index contributed by atoms with van der Waals surface area (Å²) >= 11 is 0. The molecule has 31 heavy (non-hydrogen) atoms. The molecule has 0 spiro atoms. The Hall–Kier alpha value is -1.26. The van der Waals surface area contributed by atoms with E-state index in [0.29, 0.717) is 0 Å². The highest BCUT2D eigenvalue weighted by atomic mass is 35.5. The fourth-order valence-corrected chi connectivity index (χ4v) is 4.31. The van der Waals surface area contributed by atoms with Crippen LogP contribution < -0.4 is 5.32 Å². The summed E-state index contributed by atoms with van der Waals surface area (Å²) in [6, 6.07) is 15.7. The standard InChI is InChI=1S/C26H39N3.2ClH/c1-4-7-17-28(18-8-5-2)19-11-16-27-21-22-14-15-26-24(20-22)23-12-9-10-13-25(23)29(26)6-3;;/h9-10,12-15,20,27H,4-8,11,16-19,21H2,1-3H3;2*1H. The molecule has 0 fully saturated rings. The molecule has 0 radical (unpaired) electrons. The molecule has 1 heterocycles. The van der Waals surface area contributed by atoms with Gasteiger partial charge in [-0.3, -0.25) is 0 Å². The lowest BCUT2D eigenvalue weighted by atomic mass is 10.1. The molecule has 5 heteroatoms. The van der Waals surface area contributed by atoms with Gasteiger partial charge in [0.05, 0.1) is 0 Å². The SMILES string of the molecule is CCCCN(CCCC)CCCNCc1ccc2c(c1)c1ccccc1n2CC.Cl.Cl. The van der Waals surface area contributed by atoms with Crippen LogP contribution in [-0.4, -0.2) is 35.6 Å². The molecule has 0 aliphatic carbocycles. The Morgan fingerprint density at radius 1 is 0.774 bits per heavy atom. The lowest BCUT2D eigenvalue weighted by Crippen LogP contribution is -2.29. The predicted molar refractivity (Wildman–Crippen MR) is 142 cm³/mol. The van der Waals surface area contributed by atoms with Crippen LogP contribution >= 0.6 is 24.8 Å². The van der Waals surface area contributed by atoms with Crippen molar-refractivity contribution in [2.45, 2.75) is 66.0 Å². The minimum Gasteiger partial charge on any atom is -0.341 e. The number of aromatic nitrogens is 1. The van der Waals surface area contributed by atoms with E-state index in [-0.39, 0.29) is 24.8 Å². The molecule has 1 aromatic heterocycles. The van der Waals surface area contributed by atoms with Crippen molar-refractivity contribution in [3.05, 3.63) is 48.0 Å². The van der Waals surface area contributed by atoms with E-state index in [9.17, 15) is 0 Å². The van der Waals surface area contributed by atoms with Gasteiger partial charge in [0.2, 0.25) is 0 Å². The highest BCUT2D eigenvalue weighted by molar-refractivity contribution is 6.08. The molecular weight excluding hydrogens is 425 g/mol. The number of nitrogens with zero attached hydrogens (tertiary/aromatic N) is 2. The molecule has 0 unspecified atom stereocenters. The van der Waals surface area contributed by atoms with E-state index < -0.39 is 0 Å². The summed E-state index contributed by atoms with van der Waals surface area (Å²) in [7, 11) is 0. The van der Waals surface area contributed by atoms with Crippen molar-refractivity contribution in [2.75, 3.05) is 26.2 Å². The number of hydrogen-bond donors (Lipinski definition) is 1. The number of rotatable bonds is 13. The second-order valence-corrected chi connectivity index (χ2v) is 8.19. The molecule has 0 saturated carbocycles. The molecule has 0 atom stereocenters. The first kappa shape index (κ1) is 27.8. The molecule has 3 aromatic rings. The molecule has 0 saturated heterocycles. The summed E-state index contributed by atoms with van der Waals surface area (Å²) in [6.07, 6.45) is 6.45. The maximum Gasteiger partial charge on any atom is 0.0491 e. The molecule has 1 N–H and O–H groups in total. The number of hydrogen-bond acceptors (Lipinski definition) is 2. The van der Waals surface area contributed by atoms with Crippen molar-refractivity contribution in [1.82, 2.24) is 14.8 Å². The van der Waals surface area contributed by atoms with Crippen LogP contribution in [0.2, 0.25) is 0 Å². The van der Waals surface area contributed by atoms with Crippen molar-refractivity contribution >= 4 is 46.6 Å². The number of unbranched alkanes of at least 4 members (excludes halogenated alkanes) is 2. The van der Waals surface area contributed by atoms with Crippen LogP contribution in [0.1, 0.15) is 58.4 Å². The van der Waals surface area contributed by atoms with E-state index in [1.807, 2.05) is 0 Å². The lowest BCUT2D eigenvalue weighted by Gasteiger charge is -2.22. The Morgan fingerprint density at radius 2 is 1.42 bits per heavy atom. The van der Waals surface area contributed by atoms with Gasteiger partial charge in [-0.25, -0.2) is 0 Å². The average molecular weight is 467 g/mol. The Bertz CT molecular complexity index is 883. The van der Waals surface area contributed by atoms with E-state index in [4.69, 9.17) is 0 Å². The predicted octanol–water partition coefficient (Wildman–Crippen LogP) is 7.04. The van der Waals surface area contributed by atoms with E-state index in [0.717, 1.165) is 19.6 Å². The normalized spacial score (nSPS) is 11.1. The average Bonchev–Trinajstić information content (AvgIpc) is 3.08. The molecular formula is C26H41Cl2N3. The number of para-hydroxylation sites is 1. The largest absolute Gasteiger partial charge is 0.341 e.